The van der Waals surface area contributed by atoms with Crippen molar-refractivity contribution in [1.29, 1.82) is 0 Å². The van der Waals surface area contributed by atoms with Crippen LogP contribution in [0.4, 0.5) is 5.69 Å². The number of non-ortho nitro benzene ring substituents is 1. The van der Waals surface area contributed by atoms with Gasteiger partial charge in [-0.15, -0.1) is 0 Å². The lowest BCUT2D eigenvalue weighted by atomic mass is 9.99. The first-order valence-electron chi connectivity index (χ1n) is 7.75. The van der Waals surface area contributed by atoms with Crippen LogP contribution in [0.5, 0.6) is 5.75 Å². The molecule has 1 aromatic carbocycles. The van der Waals surface area contributed by atoms with Crippen molar-refractivity contribution < 1.29 is 9.66 Å². The highest BCUT2D eigenvalue weighted by Crippen LogP contribution is 2.17. The van der Waals surface area contributed by atoms with E-state index in [1.807, 2.05) is 0 Å². The van der Waals surface area contributed by atoms with Gasteiger partial charge in [-0.2, -0.15) is 0 Å². The smallest absolute Gasteiger partial charge is 0.269 e. The third-order valence-electron chi connectivity index (χ3n) is 3.57. The number of hydrogen-bond acceptors (Lipinski definition) is 4. The van der Waals surface area contributed by atoms with Gasteiger partial charge in [-0.05, 0) is 31.0 Å². The highest BCUT2D eigenvalue weighted by Gasteiger charge is 2.06. The van der Waals surface area contributed by atoms with Crippen molar-refractivity contribution in [3.05, 3.63) is 34.4 Å². The van der Waals surface area contributed by atoms with E-state index in [4.69, 9.17) is 4.74 Å². The fourth-order valence-electron chi connectivity index (χ4n) is 2.15. The molecule has 0 aliphatic rings. The zero-order valence-electron chi connectivity index (χ0n) is 13.0. The maximum Gasteiger partial charge on any atom is 0.269 e. The first-order chi connectivity index (χ1) is 10.2. The third-order valence-corrected chi connectivity index (χ3v) is 3.57. The maximum atomic E-state index is 10.5. The van der Waals surface area contributed by atoms with Gasteiger partial charge in [0.05, 0.1) is 4.92 Å². The van der Waals surface area contributed by atoms with Crippen LogP contribution in [0.1, 0.15) is 39.5 Å². The van der Waals surface area contributed by atoms with Crippen LogP contribution in [0.15, 0.2) is 24.3 Å². The zero-order chi connectivity index (χ0) is 15.5. The molecule has 118 valence electrons. The molecule has 0 fully saturated rings. The summed E-state index contributed by atoms with van der Waals surface area (Å²) in [5, 5.41) is 13.9. The lowest BCUT2D eigenvalue weighted by molar-refractivity contribution is -0.384. The summed E-state index contributed by atoms with van der Waals surface area (Å²) in [5.41, 5.74) is 0.0854. The minimum Gasteiger partial charge on any atom is -0.492 e. The Bertz CT molecular complexity index is 406. The summed E-state index contributed by atoms with van der Waals surface area (Å²) in [7, 11) is 0. The van der Waals surface area contributed by atoms with Crippen LogP contribution in [0.2, 0.25) is 0 Å². The van der Waals surface area contributed by atoms with E-state index < -0.39 is 4.92 Å². The van der Waals surface area contributed by atoms with E-state index in [0.29, 0.717) is 12.4 Å². The number of nitro benzene ring substituents is 1. The van der Waals surface area contributed by atoms with Gasteiger partial charge in [0.15, 0.2) is 0 Å². The molecule has 5 nitrogen and oxygen atoms in total. The van der Waals surface area contributed by atoms with Crippen LogP contribution in [-0.2, 0) is 0 Å². The molecule has 5 heteroatoms. The zero-order valence-corrected chi connectivity index (χ0v) is 13.0. The Morgan fingerprint density at radius 2 is 2.00 bits per heavy atom. The summed E-state index contributed by atoms with van der Waals surface area (Å²) in [4.78, 5) is 10.1. The van der Waals surface area contributed by atoms with Crippen molar-refractivity contribution in [2.45, 2.75) is 39.5 Å². The molecular formula is C16H26N2O3. The molecule has 0 radical (unpaired) electrons. The Balaban J connectivity index is 2.17. The molecule has 21 heavy (non-hydrogen) atoms. The van der Waals surface area contributed by atoms with Crippen LogP contribution in [0.3, 0.4) is 0 Å². The number of nitrogens with one attached hydrogen (secondary N) is 1. The standard InChI is InChI=1S/C16H26N2O3/c1-3-5-6-14(4-2)13-17-11-12-21-16-9-7-15(8-10-16)18(19)20/h7-10,14,17H,3-6,11-13H2,1-2H3. The van der Waals surface area contributed by atoms with E-state index in [1.54, 1.807) is 12.1 Å². The average Bonchev–Trinajstić information content (AvgIpc) is 2.50. The Hall–Kier alpha value is -1.62. The topological polar surface area (TPSA) is 64.4 Å². The molecular weight excluding hydrogens is 268 g/mol. The quantitative estimate of drug-likeness (QED) is 0.383. The number of unbranched alkanes of at least 4 members (excludes halogenated alkanes) is 1. The Morgan fingerprint density at radius 3 is 2.57 bits per heavy atom. The molecule has 1 atom stereocenters. The highest BCUT2D eigenvalue weighted by molar-refractivity contribution is 5.35. The number of ether oxygens (including phenoxy) is 1. The molecule has 0 aromatic heterocycles. The second-order valence-electron chi connectivity index (χ2n) is 5.22. The van der Waals surface area contributed by atoms with Crippen molar-refractivity contribution in [1.82, 2.24) is 5.32 Å². The van der Waals surface area contributed by atoms with Crippen LogP contribution < -0.4 is 10.1 Å². The molecule has 0 heterocycles. The van der Waals surface area contributed by atoms with Gasteiger partial charge in [-0.1, -0.05) is 33.1 Å². The number of nitro groups is 1. The highest BCUT2D eigenvalue weighted by atomic mass is 16.6. The predicted octanol–water partition coefficient (Wildman–Crippen LogP) is 3.78. The molecule has 0 bridgehead atoms. The molecule has 0 saturated heterocycles. The molecule has 1 aromatic rings. The van der Waals surface area contributed by atoms with Gasteiger partial charge >= 0.3 is 0 Å². The van der Waals surface area contributed by atoms with Gasteiger partial charge in [0.1, 0.15) is 12.4 Å². The van der Waals surface area contributed by atoms with Crippen LogP contribution in [-0.4, -0.2) is 24.6 Å². The molecule has 1 rings (SSSR count). The molecule has 1 unspecified atom stereocenters. The Morgan fingerprint density at radius 1 is 1.29 bits per heavy atom. The summed E-state index contributed by atoms with van der Waals surface area (Å²) in [5.74, 6) is 1.41. The van der Waals surface area contributed by atoms with Gasteiger partial charge in [-0.3, -0.25) is 10.1 Å². The first-order valence-corrected chi connectivity index (χ1v) is 7.75. The van der Waals surface area contributed by atoms with Gasteiger partial charge in [0.2, 0.25) is 0 Å². The number of nitrogens with zero attached hydrogens (tertiary/aromatic N) is 1. The molecule has 0 aliphatic heterocycles. The van der Waals surface area contributed by atoms with E-state index in [9.17, 15) is 10.1 Å². The Labute approximate surface area is 126 Å². The SMILES string of the molecule is CCCCC(CC)CNCCOc1ccc([N+](=O)[O-])cc1. The summed E-state index contributed by atoms with van der Waals surface area (Å²) in [6, 6.07) is 6.18. The first kappa shape index (κ1) is 17.4. The second kappa shape index (κ2) is 10.2. The lowest BCUT2D eigenvalue weighted by Crippen LogP contribution is -2.27. The number of rotatable bonds is 11. The molecule has 0 amide bonds. The number of benzene rings is 1. The Kier molecular flexibility index (Phi) is 8.43. The molecule has 0 aliphatic carbocycles. The van der Waals surface area contributed by atoms with Crippen molar-refractivity contribution in [2.75, 3.05) is 19.7 Å². The largest absolute Gasteiger partial charge is 0.492 e. The molecule has 1 N–H and O–H groups in total. The summed E-state index contributed by atoms with van der Waals surface area (Å²) in [6.45, 7) is 6.84. The average molecular weight is 294 g/mol. The number of hydrogen-bond donors (Lipinski definition) is 1. The maximum absolute atomic E-state index is 10.5. The van der Waals surface area contributed by atoms with Crippen LogP contribution >= 0.6 is 0 Å². The predicted molar refractivity (Wildman–Crippen MR) is 84.8 cm³/mol. The van der Waals surface area contributed by atoms with Crippen molar-refractivity contribution >= 4 is 5.69 Å². The van der Waals surface area contributed by atoms with Gasteiger partial charge in [-0.25, -0.2) is 0 Å². The summed E-state index contributed by atoms with van der Waals surface area (Å²) in [6.07, 6.45) is 5.03. The van der Waals surface area contributed by atoms with E-state index in [1.165, 1.54) is 37.8 Å². The fourth-order valence-corrected chi connectivity index (χ4v) is 2.15. The van der Waals surface area contributed by atoms with E-state index in [2.05, 4.69) is 19.2 Å². The van der Waals surface area contributed by atoms with Crippen LogP contribution in [0.25, 0.3) is 0 Å². The lowest BCUT2D eigenvalue weighted by Gasteiger charge is -2.15. The van der Waals surface area contributed by atoms with E-state index in [-0.39, 0.29) is 5.69 Å². The van der Waals surface area contributed by atoms with E-state index >= 15 is 0 Å². The fraction of sp³-hybridized carbons (Fsp3) is 0.625. The minimum absolute atomic E-state index is 0.0854. The van der Waals surface area contributed by atoms with Crippen molar-refractivity contribution in [3.8, 4) is 5.75 Å². The van der Waals surface area contributed by atoms with Crippen molar-refractivity contribution in [2.24, 2.45) is 5.92 Å². The normalized spacial score (nSPS) is 12.1. The van der Waals surface area contributed by atoms with Crippen molar-refractivity contribution in [3.63, 3.8) is 0 Å². The monoisotopic (exact) mass is 294 g/mol. The summed E-state index contributed by atoms with van der Waals surface area (Å²) < 4.78 is 5.55. The van der Waals surface area contributed by atoms with E-state index in [0.717, 1.165) is 19.0 Å². The third kappa shape index (κ3) is 7.09. The van der Waals surface area contributed by atoms with Gasteiger partial charge in [0.25, 0.3) is 5.69 Å². The van der Waals surface area contributed by atoms with Gasteiger partial charge in [0, 0.05) is 18.7 Å². The van der Waals surface area contributed by atoms with Gasteiger partial charge < -0.3 is 10.1 Å². The minimum atomic E-state index is -0.410. The molecule has 0 saturated carbocycles. The molecule has 0 spiro atoms. The second-order valence-corrected chi connectivity index (χ2v) is 5.22. The summed E-state index contributed by atoms with van der Waals surface area (Å²) >= 11 is 0. The van der Waals surface area contributed by atoms with Crippen LogP contribution in [0, 0.1) is 16.0 Å².